The second-order valence-corrected chi connectivity index (χ2v) is 7.75. The molecule has 0 saturated heterocycles. The molecular formula is C17H18N4O3S2. The number of amides is 1. The molecule has 0 radical (unpaired) electrons. The number of thiazole rings is 1. The highest BCUT2D eigenvalue weighted by atomic mass is 32.2. The summed E-state index contributed by atoms with van der Waals surface area (Å²) in [5, 5.41) is 11.4. The van der Waals surface area contributed by atoms with Crippen molar-refractivity contribution in [2.45, 2.75) is 25.2 Å². The Hall–Kier alpha value is -2.39. The molecule has 0 saturated carbocycles. The van der Waals surface area contributed by atoms with Crippen molar-refractivity contribution in [3.63, 3.8) is 0 Å². The Bertz CT molecular complexity index is 890. The number of nitrogens with one attached hydrogen (secondary N) is 1. The zero-order chi connectivity index (χ0) is 18.5. The molecule has 0 bridgehead atoms. The van der Waals surface area contributed by atoms with Crippen LogP contribution in [0.3, 0.4) is 0 Å². The fourth-order valence-electron chi connectivity index (χ4n) is 2.21. The second-order valence-electron chi connectivity index (χ2n) is 5.38. The molecule has 7 nitrogen and oxygen atoms in total. The quantitative estimate of drug-likeness (QED) is 0.611. The fraction of sp³-hybridized carbons (Fsp3) is 0.294. The van der Waals surface area contributed by atoms with Crippen molar-refractivity contribution < 1.29 is 13.9 Å². The summed E-state index contributed by atoms with van der Waals surface area (Å²) in [6.07, 6.45) is 0.340. The van der Waals surface area contributed by atoms with Crippen LogP contribution in [0.5, 0.6) is 5.75 Å². The molecule has 3 aromatic rings. The van der Waals surface area contributed by atoms with Gasteiger partial charge in [0.2, 0.25) is 5.91 Å². The van der Waals surface area contributed by atoms with E-state index in [1.807, 2.05) is 38.1 Å². The van der Waals surface area contributed by atoms with E-state index in [0.717, 1.165) is 26.2 Å². The number of aromatic nitrogens is 3. The topological polar surface area (TPSA) is 90.1 Å². The van der Waals surface area contributed by atoms with E-state index in [-0.39, 0.29) is 11.9 Å². The van der Waals surface area contributed by atoms with Crippen molar-refractivity contribution in [2.75, 3.05) is 18.2 Å². The SMILES string of the molecule is COc1ccc(SCCC(=O)Nc2nnc(-c3sc(C)nc3C)o2)cc1. The number of ether oxygens (including phenoxy) is 1. The number of hydrogen-bond donors (Lipinski definition) is 1. The predicted molar refractivity (Wildman–Crippen MR) is 102 cm³/mol. The van der Waals surface area contributed by atoms with Gasteiger partial charge in [-0.05, 0) is 38.1 Å². The summed E-state index contributed by atoms with van der Waals surface area (Å²) in [7, 11) is 1.63. The molecule has 136 valence electrons. The maximum atomic E-state index is 12.0. The lowest BCUT2D eigenvalue weighted by atomic mass is 10.3. The molecule has 1 amide bonds. The summed E-state index contributed by atoms with van der Waals surface area (Å²) in [6.45, 7) is 3.80. The first-order valence-corrected chi connectivity index (χ1v) is 9.70. The largest absolute Gasteiger partial charge is 0.497 e. The van der Waals surface area contributed by atoms with Crippen molar-refractivity contribution in [3.8, 4) is 16.5 Å². The number of benzene rings is 1. The number of hydrogen-bond acceptors (Lipinski definition) is 8. The van der Waals surface area contributed by atoms with Gasteiger partial charge in [0.1, 0.15) is 10.6 Å². The van der Waals surface area contributed by atoms with Crippen molar-refractivity contribution in [3.05, 3.63) is 35.0 Å². The molecular weight excluding hydrogens is 372 g/mol. The van der Waals surface area contributed by atoms with Crippen LogP contribution in [0.15, 0.2) is 33.6 Å². The lowest BCUT2D eigenvalue weighted by Crippen LogP contribution is -2.12. The Balaban J connectivity index is 1.49. The van der Waals surface area contributed by atoms with Gasteiger partial charge in [-0.2, -0.15) is 0 Å². The van der Waals surface area contributed by atoms with Gasteiger partial charge in [0.05, 0.1) is 17.8 Å². The zero-order valence-electron chi connectivity index (χ0n) is 14.6. The first-order chi connectivity index (χ1) is 12.5. The van der Waals surface area contributed by atoms with E-state index in [2.05, 4.69) is 20.5 Å². The van der Waals surface area contributed by atoms with E-state index in [1.54, 1.807) is 18.9 Å². The molecule has 0 aliphatic heterocycles. The van der Waals surface area contributed by atoms with E-state index in [4.69, 9.17) is 9.15 Å². The summed E-state index contributed by atoms with van der Waals surface area (Å²) in [5.41, 5.74) is 0.838. The Morgan fingerprint density at radius 3 is 2.69 bits per heavy atom. The van der Waals surface area contributed by atoms with Gasteiger partial charge in [0.25, 0.3) is 5.89 Å². The third kappa shape index (κ3) is 4.61. The molecule has 9 heteroatoms. The van der Waals surface area contributed by atoms with Gasteiger partial charge >= 0.3 is 6.01 Å². The Kier molecular flexibility index (Phi) is 5.89. The van der Waals surface area contributed by atoms with Gasteiger partial charge in [-0.15, -0.1) is 28.2 Å². The number of methoxy groups -OCH3 is 1. The van der Waals surface area contributed by atoms with Gasteiger partial charge < -0.3 is 9.15 Å². The van der Waals surface area contributed by atoms with Crippen LogP contribution in [0.4, 0.5) is 6.01 Å². The first kappa shape index (κ1) is 18.4. The highest BCUT2D eigenvalue weighted by Crippen LogP contribution is 2.29. The average molecular weight is 390 g/mol. The van der Waals surface area contributed by atoms with Gasteiger partial charge in [-0.1, -0.05) is 5.10 Å². The Morgan fingerprint density at radius 2 is 2.04 bits per heavy atom. The Morgan fingerprint density at radius 1 is 1.27 bits per heavy atom. The van der Waals surface area contributed by atoms with Gasteiger partial charge in [-0.3, -0.25) is 10.1 Å². The number of nitrogens with zero attached hydrogens (tertiary/aromatic N) is 3. The van der Waals surface area contributed by atoms with E-state index in [1.165, 1.54) is 11.3 Å². The van der Waals surface area contributed by atoms with Crippen LogP contribution in [0.25, 0.3) is 10.8 Å². The van der Waals surface area contributed by atoms with Gasteiger partial charge in [0.15, 0.2) is 0 Å². The van der Waals surface area contributed by atoms with Crippen LogP contribution in [-0.4, -0.2) is 34.0 Å². The van der Waals surface area contributed by atoms with E-state index in [0.29, 0.717) is 18.1 Å². The fourth-order valence-corrected chi connectivity index (χ4v) is 3.90. The number of carbonyl (C=O) groups is 1. The molecule has 0 unspecified atom stereocenters. The maximum Gasteiger partial charge on any atom is 0.322 e. The third-order valence-corrected chi connectivity index (χ3v) is 5.50. The predicted octanol–water partition coefficient (Wildman–Crippen LogP) is 3.94. The van der Waals surface area contributed by atoms with Gasteiger partial charge in [0, 0.05) is 17.1 Å². The Labute approximate surface area is 159 Å². The second kappa shape index (κ2) is 8.33. The lowest BCUT2D eigenvalue weighted by molar-refractivity contribution is -0.115. The van der Waals surface area contributed by atoms with Crippen LogP contribution in [0.2, 0.25) is 0 Å². The van der Waals surface area contributed by atoms with Crippen LogP contribution >= 0.6 is 23.1 Å². The molecule has 26 heavy (non-hydrogen) atoms. The number of aryl methyl sites for hydroxylation is 2. The van der Waals surface area contributed by atoms with Crippen molar-refractivity contribution >= 4 is 35.0 Å². The van der Waals surface area contributed by atoms with Crippen LogP contribution < -0.4 is 10.1 Å². The summed E-state index contributed by atoms with van der Waals surface area (Å²) in [5.74, 6) is 1.66. The first-order valence-electron chi connectivity index (χ1n) is 7.90. The van der Waals surface area contributed by atoms with E-state index < -0.39 is 0 Å². The highest BCUT2D eigenvalue weighted by Gasteiger charge is 2.16. The van der Waals surface area contributed by atoms with Crippen molar-refractivity contribution in [1.82, 2.24) is 15.2 Å². The number of carbonyl (C=O) groups excluding carboxylic acids is 1. The number of thioether (sulfide) groups is 1. The monoisotopic (exact) mass is 390 g/mol. The summed E-state index contributed by atoms with van der Waals surface area (Å²) in [4.78, 5) is 18.3. The van der Waals surface area contributed by atoms with E-state index in [9.17, 15) is 4.79 Å². The molecule has 0 fully saturated rings. The molecule has 3 rings (SSSR count). The zero-order valence-corrected chi connectivity index (χ0v) is 16.2. The normalized spacial score (nSPS) is 10.7. The van der Waals surface area contributed by atoms with Crippen molar-refractivity contribution in [2.24, 2.45) is 0 Å². The maximum absolute atomic E-state index is 12.0. The average Bonchev–Trinajstić information content (AvgIpc) is 3.21. The highest BCUT2D eigenvalue weighted by molar-refractivity contribution is 7.99. The summed E-state index contributed by atoms with van der Waals surface area (Å²) >= 11 is 3.08. The molecule has 2 aromatic heterocycles. The van der Waals surface area contributed by atoms with Crippen LogP contribution in [0, 0.1) is 13.8 Å². The minimum Gasteiger partial charge on any atom is -0.497 e. The summed E-state index contributed by atoms with van der Waals surface area (Å²) < 4.78 is 10.6. The molecule has 0 atom stereocenters. The minimum absolute atomic E-state index is 0.102. The van der Waals surface area contributed by atoms with Gasteiger partial charge in [-0.25, -0.2) is 4.98 Å². The molecule has 0 aliphatic carbocycles. The van der Waals surface area contributed by atoms with Crippen LogP contribution in [0.1, 0.15) is 17.1 Å². The molecule has 0 aliphatic rings. The summed E-state index contributed by atoms with van der Waals surface area (Å²) in [6, 6.07) is 7.82. The third-order valence-electron chi connectivity index (χ3n) is 3.43. The smallest absolute Gasteiger partial charge is 0.322 e. The lowest BCUT2D eigenvalue weighted by Gasteiger charge is -2.03. The van der Waals surface area contributed by atoms with Crippen LogP contribution in [-0.2, 0) is 4.79 Å². The van der Waals surface area contributed by atoms with E-state index >= 15 is 0 Å². The minimum atomic E-state index is -0.168. The molecule has 0 spiro atoms. The standard InChI is InChI=1S/C17H18N4O3S2/c1-10-15(26-11(2)18-10)16-20-21-17(24-16)19-14(22)8-9-25-13-6-4-12(23-3)5-7-13/h4-7H,8-9H2,1-3H3,(H,19,21,22). The molecule has 1 N–H and O–H groups in total. The molecule has 2 heterocycles. The number of rotatable bonds is 7. The van der Waals surface area contributed by atoms with Crippen molar-refractivity contribution in [1.29, 1.82) is 0 Å². The molecule has 1 aromatic carbocycles. The number of anilines is 1.